The molecule has 1 aromatic rings. The van der Waals surface area contributed by atoms with Crippen molar-refractivity contribution in [2.24, 2.45) is 5.92 Å². The number of nitrogens with zero attached hydrogens (tertiary/aromatic N) is 1. The summed E-state index contributed by atoms with van der Waals surface area (Å²) in [5.74, 6) is -1.08. The van der Waals surface area contributed by atoms with Crippen LogP contribution < -0.4 is 4.74 Å². The van der Waals surface area contributed by atoms with Gasteiger partial charge in [0.1, 0.15) is 0 Å². The van der Waals surface area contributed by atoms with E-state index in [9.17, 15) is 4.79 Å². The van der Waals surface area contributed by atoms with Gasteiger partial charge in [-0.2, -0.15) is 0 Å². The highest BCUT2D eigenvalue weighted by Crippen LogP contribution is 2.45. The Hall–Kier alpha value is -1.66. The lowest BCUT2D eigenvalue weighted by Gasteiger charge is -2.38. The highest BCUT2D eigenvalue weighted by Gasteiger charge is 2.39. The second-order valence-electron chi connectivity index (χ2n) is 8.48. The fourth-order valence-electron chi connectivity index (χ4n) is 5.12. The normalized spacial score (nSPS) is 21.6. The van der Waals surface area contributed by atoms with Crippen LogP contribution in [0.15, 0.2) is 12.1 Å². The van der Waals surface area contributed by atoms with Crippen LogP contribution in [0.25, 0.3) is 0 Å². The molecule has 29 heavy (non-hydrogen) atoms. The molecule has 0 aromatic heterocycles. The molecule has 2 fully saturated rings. The summed E-state index contributed by atoms with van der Waals surface area (Å²) in [7, 11) is 6.63. The summed E-state index contributed by atoms with van der Waals surface area (Å²) < 4.78 is 31.7. The number of methoxy groups -OCH3 is 3. The van der Waals surface area contributed by atoms with Crippen molar-refractivity contribution >= 4 is 5.97 Å². The Bertz CT molecular complexity index is 709. The number of hydrogen-bond acceptors (Lipinski definition) is 5. The average Bonchev–Trinajstić information content (AvgIpc) is 2.75. The Balaban J connectivity index is 2.08. The van der Waals surface area contributed by atoms with Gasteiger partial charge in [0.2, 0.25) is 0 Å². The highest BCUT2D eigenvalue weighted by molar-refractivity contribution is 5.80. The molecule has 5 nitrogen and oxygen atoms in total. The first kappa shape index (κ1) is 22.0. The Morgan fingerprint density at radius 3 is 2.34 bits per heavy atom. The summed E-state index contributed by atoms with van der Waals surface area (Å²) in [6.45, 7) is 1.81. The molecule has 1 unspecified atom stereocenters. The second-order valence-corrected chi connectivity index (χ2v) is 8.48. The smallest absolute Gasteiger partial charge is 0.313 e. The van der Waals surface area contributed by atoms with Crippen LogP contribution in [0.1, 0.15) is 62.0 Å². The lowest BCUT2D eigenvalue weighted by Crippen LogP contribution is -2.36. The van der Waals surface area contributed by atoms with Gasteiger partial charge in [-0.1, -0.05) is 19.3 Å². The van der Waals surface area contributed by atoms with E-state index in [4.69, 9.17) is 14.2 Å². The van der Waals surface area contributed by atoms with E-state index in [2.05, 4.69) is 11.9 Å². The summed E-state index contributed by atoms with van der Waals surface area (Å²) >= 11 is 0. The highest BCUT2D eigenvalue weighted by atomic mass is 19.1. The van der Waals surface area contributed by atoms with Crippen molar-refractivity contribution in [3.05, 3.63) is 29.1 Å². The first-order chi connectivity index (χ1) is 14.0. The number of carbonyl (C=O) groups is 1. The van der Waals surface area contributed by atoms with Crippen LogP contribution in [0, 0.1) is 11.7 Å². The molecule has 0 amide bonds. The van der Waals surface area contributed by atoms with Crippen molar-refractivity contribution in [2.75, 3.05) is 41.5 Å². The Morgan fingerprint density at radius 1 is 1.14 bits per heavy atom. The minimum absolute atomic E-state index is 0.0899. The molecule has 0 radical (unpaired) electrons. The molecule has 1 aromatic carbocycles. The monoisotopic (exact) mass is 407 g/mol. The maximum Gasteiger partial charge on any atom is 0.313 e. The van der Waals surface area contributed by atoms with Crippen molar-refractivity contribution < 1.29 is 23.4 Å². The fourth-order valence-corrected chi connectivity index (χ4v) is 5.12. The van der Waals surface area contributed by atoms with E-state index in [-0.39, 0.29) is 17.6 Å². The maximum absolute atomic E-state index is 15.2. The third-order valence-electron chi connectivity index (χ3n) is 6.88. The predicted octanol–water partition coefficient (Wildman–Crippen LogP) is 4.24. The van der Waals surface area contributed by atoms with E-state index in [0.717, 1.165) is 63.6 Å². The Morgan fingerprint density at radius 2 is 1.79 bits per heavy atom. The molecule has 1 saturated carbocycles. The van der Waals surface area contributed by atoms with Gasteiger partial charge in [0.05, 0.1) is 25.7 Å². The number of esters is 1. The van der Waals surface area contributed by atoms with Crippen LogP contribution in [0.4, 0.5) is 4.39 Å². The van der Waals surface area contributed by atoms with Gasteiger partial charge in [-0.3, -0.25) is 4.79 Å². The third-order valence-corrected chi connectivity index (χ3v) is 6.88. The van der Waals surface area contributed by atoms with Crippen molar-refractivity contribution in [3.63, 3.8) is 0 Å². The number of halogens is 1. The molecule has 2 aliphatic rings. The van der Waals surface area contributed by atoms with E-state index in [1.54, 1.807) is 7.11 Å². The summed E-state index contributed by atoms with van der Waals surface area (Å²) in [5, 5.41) is 0. The molecular formula is C23H34FNO4. The summed E-state index contributed by atoms with van der Waals surface area (Å²) in [6.07, 6.45) is 6.69. The number of likely N-dealkylation sites (tertiary alicyclic amines) is 1. The standard InChI is InChI=1S/C23H34FNO4/c1-25-12-8-16(9-13-25)20(22(26)28-3)18-14-17(15-19(24)21(18)27-2)23(29-4)10-6-5-7-11-23/h14-16,20H,5-13H2,1-4H3. The van der Waals surface area contributed by atoms with Gasteiger partial charge in [-0.05, 0) is 69.4 Å². The van der Waals surface area contributed by atoms with E-state index < -0.39 is 17.3 Å². The minimum Gasteiger partial charge on any atom is -0.493 e. The summed E-state index contributed by atoms with van der Waals surface area (Å²) in [6, 6.07) is 3.47. The number of carbonyl (C=O) groups excluding carboxylic acids is 1. The summed E-state index contributed by atoms with van der Waals surface area (Å²) in [5.41, 5.74) is 0.883. The molecule has 1 atom stereocenters. The molecule has 0 N–H and O–H groups in total. The van der Waals surface area contributed by atoms with Gasteiger partial charge in [-0.25, -0.2) is 4.39 Å². The molecule has 6 heteroatoms. The maximum atomic E-state index is 15.2. The number of ether oxygens (including phenoxy) is 3. The van der Waals surface area contributed by atoms with Gasteiger partial charge < -0.3 is 19.1 Å². The number of piperidine rings is 1. The number of rotatable bonds is 6. The molecular weight excluding hydrogens is 373 g/mol. The molecule has 1 aliphatic carbocycles. The molecule has 3 rings (SSSR count). The van der Waals surface area contributed by atoms with Crippen LogP contribution in [0.5, 0.6) is 5.75 Å². The Labute approximate surface area is 173 Å². The minimum atomic E-state index is -0.546. The van der Waals surface area contributed by atoms with Crippen molar-refractivity contribution in [3.8, 4) is 5.75 Å². The van der Waals surface area contributed by atoms with Gasteiger partial charge >= 0.3 is 5.97 Å². The van der Waals surface area contributed by atoms with Crippen molar-refractivity contribution in [2.45, 2.75) is 56.5 Å². The van der Waals surface area contributed by atoms with E-state index in [0.29, 0.717) is 5.56 Å². The van der Waals surface area contributed by atoms with Gasteiger partial charge in [0.25, 0.3) is 0 Å². The molecule has 0 bridgehead atoms. The molecule has 1 saturated heterocycles. The van der Waals surface area contributed by atoms with E-state index in [1.807, 2.05) is 6.07 Å². The van der Waals surface area contributed by atoms with Crippen LogP contribution in [-0.4, -0.2) is 52.3 Å². The fraction of sp³-hybridized carbons (Fsp3) is 0.696. The molecule has 0 spiro atoms. The zero-order valence-electron chi connectivity index (χ0n) is 18.1. The van der Waals surface area contributed by atoms with Crippen LogP contribution in [0.2, 0.25) is 0 Å². The van der Waals surface area contributed by atoms with Gasteiger partial charge in [0, 0.05) is 12.7 Å². The number of benzene rings is 1. The number of hydrogen-bond donors (Lipinski definition) is 0. The largest absolute Gasteiger partial charge is 0.493 e. The zero-order valence-corrected chi connectivity index (χ0v) is 18.1. The lowest BCUT2D eigenvalue weighted by atomic mass is 9.75. The van der Waals surface area contributed by atoms with E-state index >= 15 is 4.39 Å². The second kappa shape index (κ2) is 9.43. The predicted molar refractivity (Wildman–Crippen MR) is 110 cm³/mol. The van der Waals surface area contributed by atoms with E-state index in [1.165, 1.54) is 20.3 Å². The van der Waals surface area contributed by atoms with Crippen molar-refractivity contribution in [1.82, 2.24) is 4.90 Å². The van der Waals surface area contributed by atoms with Crippen molar-refractivity contribution in [1.29, 1.82) is 0 Å². The summed E-state index contributed by atoms with van der Waals surface area (Å²) in [4.78, 5) is 15.1. The average molecular weight is 408 g/mol. The van der Waals surface area contributed by atoms with Gasteiger partial charge in [0.15, 0.2) is 11.6 Å². The first-order valence-electron chi connectivity index (χ1n) is 10.6. The van der Waals surface area contributed by atoms with Crippen LogP contribution >= 0.6 is 0 Å². The lowest BCUT2D eigenvalue weighted by molar-refractivity contribution is -0.144. The third kappa shape index (κ3) is 4.43. The topological polar surface area (TPSA) is 48.0 Å². The Kier molecular flexibility index (Phi) is 7.17. The quantitative estimate of drug-likeness (QED) is 0.660. The SMILES string of the molecule is COC(=O)C(c1cc(C2(OC)CCCCC2)cc(F)c1OC)C1CCN(C)CC1. The molecule has 1 aliphatic heterocycles. The van der Waals surface area contributed by atoms with Crippen LogP contribution in [-0.2, 0) is 19.9 Å². The molecule has 162 valence electrons. The van der Waals surface area contributed by atoms with Crippen LogP contribution in [0.3, 0.4) is 0 Å². The first-order valence-corrected chi connectivity index (χ1v) is 10.6. The molecule has 1 heterocycles. The van der Waals surface area contributed by atoms with Gasteiger partial charge in [-0.15, -0.1) is 0 Å². The zero-order chi connectivity index (χ0) is 21.0.